The van der Waals surface area contributed by atoms with Crippen LogP contribution in [-0.2, 0) is 6.42 Å². The van der Waals surface area contributed by atoms with Crippen molar-refractivity contribution in [1.82, 2.24) is 20.1 Å². The number of para-hydroxylation sites is 1. The molecule has 0 atom stereocenters. The average molecular weight is 425 g/mol. The summed E-state index contributed by atoms with van der Waals surface area (Å²) in [5, 5.41) is 10.0. The normalized spacial score (nSPS) is 10.5. The van der Waals surface area contributed by atoms with Crippen LogP contribution < -0.4 is 10.6 Å². The molecule has 2 aromatic carbocycles. The van der Waals surface area contributed by atoms with Gasteiger partial charge in [0.25, 0.3) is 11.8 Å². The molecule has 2 aromatic heterocycles. The van der Waals surface area contributed by atoms with Gasteiger partial charge in [0.2, 0.25) is 0 Å². The lowest BCUT2D eigenvalue weighted by Crippen LogP contribution is -2.27. The number of aromatic nitrogens is 3. The summed E-state index contributed by atoms with van der Waals surface area (Å²) in [6.07, 6.45) is 7.43. The Bertz CT molecular complexity index is 1200. The molecule has 0 radical (unpaired) electrons. The lowest BCUT2D eigenvalue weighted by Gasteiger charge is -2.14. The van der Waals surface area contributed by atoms with Crippen molar-refractivity contribution in [1.29, 1.82) is 0 Å². The van der Waals surface area contributed by atoms with Crippen LogP contribution in [0.2, 0.25) is 0 Å². The van der Waals surface area contributed by atoms with E-state index in [1.165, 1.54) is 0 Å². The summed E-state index contributed by atoms with van der Waals surface area (Å²) < 4.78 is 1.80. The first kappa shape index (κ1) is 21.0. The van der Waals surface area contributed by atoms with Crippen LogP contribution in [0.5, 0.6) is 0 Å². The minimum atomic E-state index is -0.284. The SMILES string of the molecule is Cc1cccc(C(=O)NCCc2ccc(-n3cccn3)cc2)c1NC(=O)c1ccncc1. The Balaban J connectivity index is 1.39. The highest BCUT2D eigenvalue weighted by Crippen LogP contribution is 2.21. The summed E-state index contributed by atoms with van der Waals surface area (Å²) in [5.41, 5.74) is 4.33. The van der Waals surface area contributed by atoms with Gasteiger partial charge in [-0.1, -0.05) is 24.3 Å². The van der Waals surface area contributed by atoms with Crippen LogP contribution in [0.25, 0.3) is 5.69 Å². The Kier molecular flexibility index (Phi) is 6.36. The topological polar surface area (TPSA) is 88.9 Å². The zero-order chi connectivity index (χ0) is 22.3. The fourth-order valence-corrected chi connectivity index (χ4v) is 3.36. The predicted octanol–water partition coefficient (Wildman–Crippen LogP) is 3.80. The van der Waals surface area contributed by atoms with E-state index in [0.29, 0.717) is 29.8 Å². The molecule has 4 rings (SSSR count). The maximum absolute atomic E-state index is 12.9. The van der Waals surface area contributed by atoms with Crippen molar-refractivity contribution in [2.75, 3.05) is 11.9 Å². The Labute approximate surface area is 186 Å². The third-order valence-corrected chi connectivity index (χ3v) is 5.10. The number of benzene rings is 2. The third kappa shape index (κ3) is 4.89. The fourth-order valence-electron chi connectivity index (χ4n) is 3.36. The number of nitrogens with zero attached hydrogens (tertiary/aromatic N) is 3. The van der Waals surface area contributed by atoms with Crippen LogP contribution in [-0.4, -0.2) is 33.1 Å². The number of pyridine rings is 1. The first-order chi connectivity index (χ1) is 15.6. The maximum Gasteiger partial charge on any atom is 0.255 e. The van der Waals surface area contributed by atoms with Gasteiger partial charge in [0.05, 0.1) is 16.9 Å². The number of nitrogens with one attached hydrogen (secondary N) is 2. The quantitative estimate of drug-likeness (QED) is 0.471. The molecular weight excluding hydrogens is 402 g/mol. The van der Waals surface area contributed by atoms with E-state index >= 15 is 0 Å². The summed E-state index contributed by atoms with van der Waals surface area (Å²) in [6.45, 7) is 2.34. The summed E-state index contributed by atoms with van der Waals surface area (Å²) >= 11 is 0. The molecule has 0 bridgehead atoms. The van der Waals surface area contributed by atoms with Crippen LogP contribution in [0, 0.1) is 6.92 Å². The second-order valence-corrected chi connectivity index (χ2v) is 7.31. The number of anilines is 1. The molecule has 2 heterocycles. The van der Waals surface area contributed by atoms with Gasteiger partial charge >= 0.3 is 0 Å². The van der Waals surface area contributed by atoms with Gasteiger partial charge in [-0.05, 0) is 60.9 Å². The lowest BCUT2D eigenvalue weighted by atomic mass is 10.1. The van der Waals surface area contributed by atoms with E-state index in [9.17, 15) is 9.59 Å². The second-order valence-electron chi connectivity index (χ2n) is 7.31. The van der Waals surface area contributed by atoms with Gasteiger partial charge in [-0.2, -0.15) is 5.10 Å². The van der Waals surface area contributed by atoms with Crippen molar-refractivity contribution in [2.45, 2.75) is 13.3 Å². The molecule has 0 spiro atoms. The van der Waals surface area contributed by atoms with Crippen molar-refractivity contribution in [2.24, 2.45) is 0 Å². The number of amides is 2. The van der Waals surface area contributed by atoms with Crippen molar-refractivity contribution < 1.29 is 9.59 Å². The highest BCUT2D eigenvalue weighted by molar-refractivity contribution is 6.09. The number of hydrogen-bond donors (Lipinski definition) is 2. The zero-order valence-corrected chi connectivity index (χ0v) is 17.7. The maximum atomic E-state index is 12.9. The van der Waals surface area contributed by atoms with E-state index in [1.54, 1.807) is 47.5 Å². The van der Waals surface area contributed by atoms with E-state index in [4.69, 9.17) is 0 Å². The smallest absolute Gasteiger partial charge is 0.255 e. The van der Waals surface area contributed by atoms with Crippen LogP contribution in [0.1, 0.15) is 31.8 Å². The van der Waals surface area contributed by atoms with Gasteiger partial charge < -0.3 is 10.6 Å². The minimum Gasteiger partial charge on any atom is -0.352 e. The molecule has 0 fully saturated rings. The van der Waals surface area contributed by atoms with Gasteiger partial charge in [-0.15, -0.1) is 0 Å². The highest BCUT2D eigenvalue weighted by atomic mass is 16.2. The van der Waals surface area contributed by atoms with E-state index in [0.717, 1.165) is 16.8 Å². The number of hydrogen-bond acceptors (Lipinski definition) is 4. The standard InChI is InChI=1S/C25H23N5O2/c1-18-4-2-5-22(23(18)29-24(31)20-11-14-26-15-12-20)25(32)27-16-10-19-6-8-21(9-7-19)30-17-3-13-28-30/h2-9,11-15,17H,10,16H2,1H3,(H,27,32)(H,29,31). The molecule has 0 saturated heterocycles. The molecule has 160 valence electrons. The van der Waals surface area contributed by atoms with Gasteiger partial charge in [0, 0.05) is 36.9 Å². The molecule has 2 amide bonds. The predicted molar refractivity (Wildman–Crippen MR) is 123 cm³/mol. The third-order valence-electron chi connectivity index (χ3n) is 5.10. The largest absolute Gasteiger partial charge is 0.352 e. The molecule has 0 aliphatic rings. The molecular formula is C25H23N5O2. The monoisotopic (exact) mass is 425 g/mol. The van der Waals surface area contributed by atoms with Crippen molar-refractivity contribution >= 4 is 17.5 Å². The first-order valence-corrected chi connectivity index (χ1v) is 10.3. The molecule has 0 aliphatic carbocycles. The molecule has 0 aliphatic heterocycles. The molecule has 2 N–H and O–H groups in total. The molecule has 7 heteroatoms. The summed E-state index contributed by atoms with van der Waals surface area (Å²) in [6, 6.07) is 18.6. The number of carbonyl (C=O) groups excluding carboxylic acids is 2. The lowest BCUT2D eigenvalue weighted by molar-refractivity contribution is 0.0955. The summed E-state index contributed by atoms with van der Waals surface area (Å²) in [5.74, 6) is -0.514. The Morgan fingerprint density at radius 2 is 1.69 bits per heavy atom. The van der Waals surface area contributed by atoms with Crippen molar-refractivity contribution in [3.05, 3.63) is 108 Å². The van der Waals surface area contributed by atoms with E-state index < -0.39 is 0 Å². The zero-order valence-electron chi connectivity index (χ0n) is 17.7. The molecule has 0 unspecified atom stereocenters. The van der Waals surface area contributed by atoms with Gasteiger partial charge in [-0.3, -0.25) is 14.6 Å². The Morgan fingerprint density at radius 1 is 0.906 bits per heavy atom. The van der Waals surface area contributed by atoms with E-state index in [-0.39, 0.29) is 11.8 Å². The molecule has 7 nitrogen and oxygen atoms in total. The summed E-state index contributed by atoms with van der Waals surface area (Å²) in [7, 11) is 0. The Morgan fingerprint density at radius 3 is 2.41 bits per heavy atom. The van der Waals surface area contributed by atoms with Crippen LogP contribution in [0.3, 0.4) is 0 Å². The fraction of sp³-hybridized carbons (Fsp3) is 0.120. The highest BCUT2D eigenvalue weighted by Gasteiger charge is 2.16. The molecule has 32 heavy (non-hydrogen) atoms. The van der Waals surface area contributed by atoms with Gasteiger partial charge in [0.15, 0.2) is 0 Å². The van der Waals surface area contributed by atoms with E-state index in [1.807, 2.05) is 49.5 Å². The van der Waals surface area contributed by atoms with Crippen LogP contribution >= 0.6 is 0 Å². The number of rotatable bonds is 7. The molecule has 4 aromatic rings. The van der Waals surface area contributed by atoms with Crippen molar-refractivity contribution in [3.63, 3.8) is 0 Å². The van der Waals surface area contributed by atoms with Crippen LogP contribution in [0.15, 0.2) is 85.5 Å². The molecule has 0 saturated carbocycles. The second kappa shape index (κ2) is 9.70. The minimum absolute atomic E-state index is 0.230. The van der Waals surface area contributed by atoms with Crippen LogP contribution in [0.4, 0.5) is 5.69 Å². The number of carbonyl (C=O) groups is 2. The average Bonchev–Trinajstić information content (AvgIpc) is 3.36. The van der Waals surface area contributed by atoms with Gasteiger partial charge in [-0.25, -0.2) is 4.68 Å². The summed E-state index contributed by atoms with van der Waals surface area (Å²) in [4.78, 5) is 29.4. The van der Waals surface area contributed by atoms with E-state index in [2.05, 4.69) is 20.7 Å². The van der Waals surface area contributed by atoms with Gasteiger partial charge in [0.1, 0.15) is 0 Å². The first-order valence-electron chi connectivity index (χ1n) is 10.3. The Hall–Kier alpha value is -4.26. The number of aryl methyl sites for hydroxylation is 1. The van der Waals surface area contributed by atoms with Crippen molar-refractivity contribution in [3.8, 4) is 5.69 Å².